The summed E-state index contributed by atoms with van der Waals surface area (Å²) in [5.74, 6) is -2.37. The zero-order valence-corrected chi connectivity index (χ0v) is 10.4. The standard InChI is InChI=1S/C12H17F2N3O/c1-17(2)7-6-16-11(12(15)18)10-8(13)4-3-5-9(10)14/h3-5,11,16H,6-7H2,1-2H3,(H2,15,18). The molecule has 1 unspecified atom stereocenters. The molecule has 3 N–H and O–H groups in total. The van der Waals surface area contributed by atoms with Crippen molar-refractivity contribution in [2.24, 2.45) is 5.73 Å². The zero-order chi connectivity index (χ0) is 13.7. The van der Waals surface area contributed by atoms with Gasteiger partial charge in [-0.1, -0.05) is 6.07 Å². The summed E-state index contributed by atoms with van der Waals surface area (Å²) in [5.41, 5.74) is 4.85. The number of primary amides is 1. The van der Waals surface area contributed by atoms with Gasteiger partial charge in [0.05, 0.1) is 0 Å². The highest BCUT2D eigenvalue weighted by atomic mass is 19.1. The SMILES string of the molecule is CN(C)CCNC(C(N)=O)c1c(F)cccc1F. The summed E-state index contributed by atoms with van der Waals surface area (Å²) in [4.78, 5) is 13.2. The maximum atomic E-state index is 13.5. The number of hydrogen-bond donors (Lipinski definition) is 2. The Balaban J connectivity index is 2.88. The molecular formula is C12H17F2N3O. The van der Waals surface area contributed by atoms with Gasteiger partial charge in [-0.15, -0.1) is 0 Å². The van der Waals surface area contributed by atoms with E-state index in [0.717, 1.165) is 12.1 Å². The van der Waals surface area contributed by atoms with Crippen LogP contribution in [0.5, 0.6) is 0 Å². The van der Waals surface area contributed by atoms with Gasteiger partial charge >= 0.3 is 0 Å². The predicted molar refractivity (Wildman–Crippen MR) is 64.9 cm³/mol. The first kappa shape index (κ1) is 14.5. The molecule has 0 fully saturated rings. The fourth-order valence-corrected chi connectivity index (χ4v) is 1.56. The number of nitrogens with two attached hydrogens (primary N) is 1. The quantitative estimate of drug-likeness (QED) is 0.786. The molecule has 0 spiro atoms. The van der Waals surface area contributed by atoms with Crippen molar-refractivity contribution in [3.8, 4) is 0 Å². The Morgan fingerprint density at radius 2 is 1.94 bits per heavy atom. The maximum Gasteiger partial charge on any atom is 0.239 e. The van der Waals surface area contributed by atoms with Crippen LogP contribution in [0.3, 0.4) is 0 Å². The van der Waals surface area contributed by atoms with Crippen LogP contribution in [-0.2, 0) is 4.79 Å². The molecule has 0 heterocycles. The third kappa shape index (κ3) is 3.75. The summed E-state index contributed by atoms with van der Waals surface area (Å²) < 4.78 is 27.1. The molecule has 1 amide bonds. The summed E-state index contributed by atoms with van der Waals surface area (Å²) in [6, 6.07) is 2.28. The fourth-order valence-electron chi connectivity index (χ4n) is 1.56. The molecule has 18 heavy (non-hydrogen) atoms. The van der Waals surface area contributed by atoms with Crippen molar-refractivity contribution in [3.63, 3.8) is 0 Å². The van der Waals surface area contributed by atoms with E-state index in [2.05, 4.69) is 5.32 Å². The molecule has 1 aromatic carbocycles. The Labute approximate surface area is 105 Å². The van der Waals surface area contributed by atoms with Gasteiger partial charge in [0.15, 0.2) is 0 Å². The monoisotopic (exact) mass is 257 g/mol. The number of likely N-dealkylation sites (N-methyl/N-ethyl adjacent to an activating group) is 1. The Kier molecular flexibility index (Phi) is 5.18. The Morgan fingerprint density at radius 1 is 1.39 bits per heavy atom. The number of amides is 1. The first-order valence-corrected chi connectivity index (χ1v) is 5.55. The molecule has 1 atom stereocenters. The molecule has 0 aliphatic heterocycles. The largest absolute Gasteiger partial charge is 0.368 e. The molecule has 0 saturated heterocycles. The third-order valence-corrected chi connectivity index (χ3v) is 2.48. The van der Waals surface area contributed by atoms with Gasteiger partial charge in [-0.2, -0.15) is 0 Å². The molecule has 1 rings (SSSR count). The summed E-state index contributed by atoms with van der Waals surface area (Å²) >= 11 is 0. The topological polar surface area (TPSA) is 58.4 Å². The van der Waals surface area contributed by atoms with E-state index in [1.807, 2.05) is 19.0 Å². The third-order valence-electron chi connectivity index (χ3n) is 2.48. The molecule has 0 radical (unpaired) electrons. The van der Waals surface area contributed by atoms with Gasteiger partial charge in [-0.25, -0.2) is 8.78 Å². The van der Waals surface area contributed by atoms with Crippen molar-refractivity contribution in [1.82, 2.24) is 10.2 Å². The van der Waals surface area contributed by atoms with Crippen LogP contribution >= 0.6 is 0 Å². The number of rotatable bonds is 6. The Bertz CT molecular complexity index is 404. The van der Waals surface area contributed by atoms with Gasteiger partial charge in [-0.05, 0) is 26.2 Å². The van der Waals surface area contributed by atoms with E-state index < -0.39 is 23.6 Å². The lowest BCUT2D eigenvalue weighted by molar-refractivity contribution is -0.120. The summed E-state index contributed by atoms with van der Waals surface area (Å²) in [7, 11) is 3.70. The van der Waals surface area contributed by atoms with Crippen molar-refractivity contribution in [1.29, 1.82) is 0 Å². The number of nitrogens with zero attached hydrogens (tertiary/aromatic N) is 1. The van der Waals surface area contributed by atoms with Gasteiger partial charge in [0.1, 0.15) is 17.7 Å². The van der Waals surface area contributed by atoms with Crippen molar-refractivity contribution < 1.29 is 13.6 Å². The summed E-state index contributed by atoms with van der Waals surface area (Å²) in [5, 5.41) is 2.75. The minimum atomic E-state index is -1.16. The summed E-state index contributed by atoms with van der Waals surface area (Å²) in [6.07, 6.45) is 0. The van der Waals surface area contributed by atoms with E-state index in [1.165, 1.54) is 6.07 Å². The van der Waals surface area contributed by atoms with Crippen molar-refractivity contribution >= 4 is 5.91 Å². The number of carbonyl (C=O) groups excluding carboxylic acids is 1. The predicted octanol–water partition coefficient (Wildman–Crippen LogP) is 0.642. The minimum absolute atomic E-state index is 0.330. The second-order valence-corrected chi connectivity index (χ2v) is 4.23. The molecule has 100 valence electrons. The van der Waals surface area contributed by atoms with Crippen LogP contribution in [0, 0.1) is 11.6 Å². The van der Waals surface area contributed by atoms with Crippen LogP contribution in [-0.4, -0.2) is 38.0 Å². The van der Waals surface area contributed by atoms with E-state index in [9.17, 15) is 13.6 Å². The normalized spacial score (nSPS) is 12.7. The van der Waals surface area contributed by atoms with E-state index >= 15 is 0 Å². The number of nitrogens with one attached hydrogen (secondary N) is 1. The van der Waals surface area contributed by atoms with Crippen molar-refractivity contribution in [3.05, 3.63) is 35.4 Å². The first-order valence-electron chi connectivity index (χ1n) is 5.55. The number of hydrogen-bond acceptors (Lipinski definition) is 3. The van der Waals surface area contributed by atoms with E-state index in [1.54, 1.807) is 0 Å². The first-order chi connectivity index (χ1) is 8.43. The maximum absolute atomic E-state index is 13.5. The van der Waals surface area contributed by atoms with Crippen LogP contribution < -0.4 is 11.1 Å². The van der Waals surface area contributed by atoms with Gasteiger partial charge in [0.25, 0.3) is 0 Å². The molecule has 0 aliphatic rings. The Morgan fingerprint density at radius 3 is 2.39 bits per heavy atom. The van der Waals surface area contributed by atoms with Crippen molar-refractivity contribution in [2.45, 2.75) is 6.04 Å². The van der Waals surface area contributed by atoms with Crippen molar-refractivity contribution in [2.75, 3.05) is 27.2 Å². The highest BCUT2D eigenvalue weighted by molar-refractivity contribution is 5.81. The fraction of sp³-hybridized carbons (Fsp3) is 0.417. The lowest BCUT2D eigenvalue weighted by Crippen LogP contribution is -2.38. The molecule has 1 aromatic rings. The second-order valence-electron chi connectivity index (χ2n) is 4.23. The number of halogens is 2. The van der Waals surface area contributed by atoms with Crippen LogP contribution in [0.15, 0.2) is 18.2 Å². The molecule has 0 aliphatic carbocycles. The summed E-state index contributed by atoms with van der Waals surface area (Å²) in [6.45, 7) is 1.02. The van der Waals surface area contributed by atoms with Crippen LogP contribution in [0.4, 0.5) is 8.78 Å². The molecule has 0 aromatic heterocycles. The van der Waals surface area contributed by atoms with Crippen LogP contribution in [0.2, 0.25) is 0 Å². The number of benzene rings is 1. The van der Waals surface area contributed by atoms with Gasteiger partial charge in [-0.3, -0.25) is 4.79 Å². The highest BCUT2D eigenvalue weighted by Gasteiger charge is 2.24. The average Bonchev–Trinajstić information content (AvgIpc) is 2.25. The van der Waals surface area contributed by atoms with E-state index in [0.29, 0.717) is 13.1 Å². The zero-order valence-electron chi connectivity index (χ0n) is 10.4. The molecule has 4 nitrogen and oxygen atoms in total. The lowest BCUT2D eigenvalue weighted by atomic mass is 10.0. The van der Waals surface area contributed by atoms with Crippen LogP contribution in [0.25, 0.3) is 0 Å². The average molecular weight is 257 g/mol. The Hall–Kier alpha value is -1.53. The number of carbonyl (C=O) groups is 1. The van der Waals surface area contributed by atoms with E-state index in [-0.39, 0.29) is 5.56 Å². The molecular weight excluding hydrogens is 240 g/mol. The molecule has 0 saturated carbocycles. The smallest absolute Gasteiger partial charge is 0.239 e. The van der Waals surface area contributed by atoms with Gasteiger partial charge in [0, 0.05) is 18.7 Å². The van der Waals surface area contributed by atoms with Crippen LogP contribution in [0.1, 0.15) is 11.6 Å². The van der Waals surface area contributed by atoms with Gasteiger partial charge in [0.2, 0.25) is 5.91 Å². The molecule has 0 bridgehead atoms. The second kappa shape index (κ2) is 6.42. The molecule has 6 heteroatoms. The van der Waals surface area contributed by atoms with E-state index in [4.69, 9.17) is 5.73 Å². The lowest BCUT2D eigenvalue weighted by Gasteiger charge is -2.18. The minimum Gasteiger partial charge on any atom is -0.368 e. The van der Waals surface area contributed by atoms with Gasteiger partial charge < -0.3 is 16.0 Å². The highest BCUT2D eigenvalue weighted by Crippen LogP contribution is 2.20.